The third kappa shape index (κ3) is 2.66. The van der Waals surface area contributed by atoms with E-state index >= 15 is 0 Å². The third-order valence-electron chi connectivity index (χ3n) is 4.42. The first-order chi connectivity index (χ1) is 9.24. The quantitative estimate of drug-likeness (QED) is 0.839. The van der Waals surface area contributed by atoms with Crippen LogP contribution in [0.2, 0.25) is 0 Å². The summed E-state index contributed by atoms with van der Waals surface area (Å²) >= 11 is 0. The highest BCUT2D eigenvalue weighted by atomic mass is 15.2. The fourth-order valence-electron chi connectivity index (χ4n) is 3.02. The van der Waals surface area contributed by atoms with Gasteiger partial charge in [-0.2, -0.15) is 5.10 Å². The van der Waals surface area contributed by atoms with Crippen molar-refractivity contribution in [2.45, 2.75) is 32.1 Å². The van der Waals surface area contributed by atoms with Crippen molar-refractivity contribution in [3.05, 3.63) is 30.0 Å². The van der Waals surface area contributed by atoms with Crippen LogP contribution in [0, 0.1) is 0 Å². The summed E-state index contributed by atoms with van der Waals surface area (Å²) < 4.78 is 1.96. The summed E-state index contributed by atoms with van der Waals surface area (Å²) in [5, 5.41) is 5.55. The van der Waals surface area contributed by atoms with E-state index in [2.05, 4.69) is 35.1 Å². The Kier molecular flexibility index (Phi) is 3.56. The van der Waals surface area contributed by atoms with Crippen molar-refractivity contribution < 1.29 is 0 Å². The Morgan fingerprint density at radius 2 is 2.05 bits per heavy atom. The van der Waals surface area contributed by atoms with Crippen LogP contribution in [0.15, 0.2) is 24.4 Å². The summed E-state index contributed by atoms with van der Waals surface area (Å²) in [5.41, 5.74) is 2.68. The Bertz CT molecular complexity index is 552. The van der Waals surface area contributed by atoms with Gasteiger partial charge in [0, 0.05) is 12.4 Å². The summed E-state index contributed by atoms with van der Waals surface area (Å²) in [6, 6.07) is 6.76. The van der Waals surface area contributed by atoms with Gasteiger partial charge in [-0.15, -0.1) is 0 Å². The van der Waals surface area contributed by atoms with Gasteiger partial charge in [0.15, 0.2) is 0 Å². The molecule has 0 saturated carbocycles. The second kappa shape index (κ2) is 5.33. The van der Waals surface area contributed by atoms with Gasteiger partial charge in [0.1, 0.15) is 0 Å². The van der Waals surface area contributed by atoms with Crippen molar-refractivity contribution in [1.29, 1.82) is 0 Å². The molecule has 3 heteroatoms. The van der Waals surface area contributed by atoms with Gasteiger partial charge in [0.05, 0.1) is 11.7 Å². The second-order valence-corrected chi connectivity index (χ2v) is 5.82. The molecule has 1 aromatic heterocycles. The summed E-state index contributed by atoms with van der Waals surface area (Å²) in [4.78, 5) is 2.60. The molecule has 0 bridgehead atoms. The van der Waals surface area contributed by atoms with Crippen molar-refractivity contribution >= 4 is 10.9 Å². The van der Waals surface area contributed by atoms with E-state index in [1.165, 1.54) is 55.4 Å². The Labute approximate surface area is 115 Å². The number of aryl methyl sites for hydroxylation is 1. The number of likely N-dealkylation sites (tertiary alicyclic amines) is 1. The Balaban J connectivity index is 1.69. The molecule has 1 unspecified atom stereocenters. The van der Waals surface area contributed by atoms with Crippen LogP contribution in [0.3, 0.4) is 0 Å². The maximum absolute atomic E-state index is 4.31. The number of aromatic nitrogens is 2. The lowest BCUT2D eigenvalue weighted by molar-refractivity contribution is 0.324. The van der Waals surface area contributed by atoms with Gasteiger partial charge in [0.2, 0.25) is 0 Å². The number of nitrogens with zero attached hydrogens (tertiary/aromatic N) is 3. The van der Waals surface area contributed by atoms with Gasteiger partial charge in [-0.1, -0.05) is 19.1 Å². The SMILES string of the molecule is CC(CCN1CCCC1)c1ccc2cnn(C)c2c1. The first-order valence-electron chi connectivity index (χ1n) is 7.38. The normalized spacial score (nSPS) is 18.2. The average Bonchev–Trinajstić information content (AvgIpc) is 3.06. The largest absolute Gasteiger partial charge is 0.303 e. The molecule has 0 N–H and O–H groups in total. The van der Waals surface area contributed by atoms with Gasteiger partial charge in [0.25, 0.3) is 0 Å². The van der Waals surface area contributed by atoms with Crippen molar-refractivity contribution in [2.75, 3.05) is 19.6 Å². The van der Waals surface area contributed by atoms with Crippen molar-refractivity contribution in [3.63, 3.8) is 0 Å². The lowest BCUT2D eigenvalue weighted by atomic mass is 9.97. The highest BCUT2D eigenvalue weighted by molar-refractivity contribution is 5.79. The molecule has 1 aliphatic heterocycles. The van der Waals surface area contributed by atoms with E-state index in [-0.39, 0.29) is 0 Å². The smallest absolute Gasteiger partial charge is 0.0681 e. The van der Waals surface area contributed by atoms with Gasteiger partial charge < -0.3 is 4.90 Å². The van der Waals surface area contributed by atoms with E-state index < -0.39 is 0 Å². The van der Waals surface area contributed by atoms with Gasteiger partial charge in [-0.3, -0.25) is 4.68 Å². The first-order valence-corrected chi connectivity index (χ1v) is 7.38. The molecule has 1 saturated heterocycles. The van der Waals surface area contributed by atoms with E-state index in [0.29, 0.717) is 5.92 Å². The van der Waals surface area contributed by atoms with E-state index in [0.717, 1.165) is 0 Å². The summed E-state index contributed by atoms with van der Waals surface area (Å²) in [7, 11) is 2.01. The molecule has 3 rings (SSSR count). The van der Waals surface area contributed by atoms with E-state index in [1.54, 1.807) is 0 Å². The van der Waals surface area contributed by atoms with Crippen LogP contribution < -0.4 is 0 Å². The number of hydrogen-bond donors (Lipinski definition) is 0. The summed E-state index contributed by atoms with van der Waals surface area (Å²) in [6.45, 7) is 6.18. The lowest BCUT2D eigenvalue weighted by Gasteiger charge is -2.18. The van der Waals surface area contributed by atoms with E-state index in [1.807, 2.05) is 17.9 Å². The fourth-order valence-corrected chi connectivity index (χ4v) is 3.02. The molecule has 1 aliphatic rings. The fraction of sp³-hybridized carbons (Fsp3) is 0.562. The Morgan fingerprint density at radius 3 is 2.84 bits per heavy atom. The number of benzene rings is 1. The maximum atomic E-state index is 4.31. The minimum Gasteiger partial charge on any atom is -0.303 e. The van der Waals surface area contributed by atoms with Crippen molar-refractivity contribution in [3.8, 4) is 0 Å². The minimum absolute atomic E-state index is 0.625. The van der Waals surface area contributed by atoms with Crippen LogP contribution in [0.25, 0.3) is 10.9 Å². The summed E-state index contributed by atoms with van der Waals surface area (Å²) in [5.74, 6) is 0.625. The number of hydrogen-bond acceptors (Lipinski definition) is 2. The molecule has 2 aromatic rings. The Hall–Kier alpha value is -1.35. The molecule has 3 nitrogen and oxygen atoms in total. The predicted molar refractivity (Wildman–Crippen MR) is 79.4 cm³/mol. The predicted octanol–water partition coefficient (Wildman–Crippen LogP) is 3.16. The zero-order valence-electron chi connectivity index (χ0n) is 12.0. The average molecular weight is 257 g/mol. The third-order valence-corrected chi connectivity index (χ3v) is 4.42. The molecule has 0 spiro atoms. The molecular formula is C16H23N3. The molecule has 19 heavy (non-hydrogen) atoms. The topological polar surface area (TPSA) is 21.1 Å². The first kappa shape index (κ1) is 12.7. The lowest BCUT2D eigenvalue weighted by Crippen LogP contribution is -2.21. The zero-order chi connectivity index (χ0) is 13.2. The standard InChI is InChI=1S/C16H23N3/c1-13(7-10-19-8-3-4-9-19)14-5-6-15-12-17-18(2)16(15)11-14/h5-6,11-13H,3-4,7-10H2,1-2H3. The molecule has 1 aromatic carbocycles. The minimum atomic E-state index is 0.625. The van der Waals surface area contributed by atoms with Crippen LogP contribution in [-0.4, -0.2) is 34.3 Å². The number of rotatable bonds is 4. The van der Waals surface area contributed by atoms with E-state index in [9.17, 15) is 0 Å². The molecular weight excluding hydrogens is 234 g/mol. The van der Waals surface area contributed by atoms with Gasteiger partial charge in [-0.25, -0.2) is 0 Å². The molecule has 2 heterocycles. The second-order valence-electron chi connectivity index (χ2n) is 5.82. The Morgan fingerprint density at radius 1 is 1.26 bits per heavy atom. The van der Waals surface area contributed by atoms with Crippen LogP contribution in [0.5, 0.6) is 0 Å². The molecule has 0 aliphatic carbocycles. The monoisotopic (exact) mass is 257 g/mol. The van der Waals surface area contributed by atoms with Gasteiger partial charge >= 0.3 is 0 Å². The van der Waals surface area contributed by atoms with Crippen LogP contribution in [0.1, 0.15) is 37.7 Å². The van der Waals surface area contributed by atoms with Crippen molar-refractivity contribution in [1.82, 2.24) is 14.7 Å². The zero-order valence-corrected chi connectivity index (χ0v) is 12.0. The molecule has 102 valence electrons. The van der Waals surface area contributed by atoms with Crippen LogP contribution >= 0.6 is 0 Å². The van der Waals surface area contributed by atoms with Crippen LogP contribution in [-0.2, 0) is 7.05 Å². The van der Waals surface area contributed by atoms with Crippen molar-refractivity contribution in [2.24, 2.45) is 7.05 Å². The molecule has 1 fully saturated rings. The maximum Gasteiger partial charge on any atom is 0.0681 e. The molecule has 1 atom stereocenters. The number of fused-ring (bicyclic) bond motifs is 1. The summed E-state index contributed by atoms with van der Waals surface area (Å²) in [6.07, 6.45) is 5.96. The molecule has 0 radical (unpaired) electrons. The van der Waals surface area contributed by atoms with Gasteiger partial charge in [-0.05, 0) is 56.4 Å². The highest BCUT2D eigenvalue weighted by Gasteiger charge is 2.14. The van der Waals surface area contributed by atoms with Crippen LogP contribution in [0.4, 0.5) is 0 Å². The highest BCUT2D eigenvalue weighted by Crippen LogP contribution is 2.24. The molecule has 0 amide bonds. The van der Waals surface area contributed by atoms with E-state index in [4.69, 9.17) is 0 Å².